The van der Waals surface area contributed by atoms with Gasteiger partial charge >= 0.3 is 0 Å². The van der Waals surface area contributed by atoms with E-state index < -0.39 is 8.48 Å². The van der Waals surface area contributed by atoms with Crippen molar-refractivity contribution in [2.24, 2.45) is 0 Å². The summed E-state index contributed by atoms with van der Waals surface area (Å²) >= 11 is 0. The van der Waals surface area contributed by atoms with E-state index >= 15 is 0 Å². The first-order chi connectivity index (χ1) is 8.25. The summed E-state index contributed by atoms with van der Waals surface area (Å²) in [6, 6.07) is 0. The van der Waals surface area contributed by atoms with E-state index in [2.05, 4.69) is 32.7 Å². The van der Waals surface area contributed by atoms with Crippen molar-refractivity contribution in [1.29, 1.82) is 0 Å². The highest BCUT2D eigenvalue weighted by Crippen LogP contribution is 2.54. The third kappa shape index (κ3) is 3.33. The van der Waals surface area contributed by atoms with Gasteiger partial charge < -0.3 is 9.41 Å². The van der Waals surface area contributed by atoms with Crippen LogP contribution >= 0.6 is 0 Å². The minimum atomic E-state index is -1.61. The summed E-state index contributed by atoms with van der Waals surface area (Å²) in [5.41, 5.74) is 1.73. The Morgan fingerprint density at radius 2 is 1.88 bits per heavy atom. The Morgan fingerprint density at radius 3 is 2.41 bits per heavy atom. The minimum Gasteiger partial charge on any atom is -0.403 e. The van der Waals surface area contributed by atoms with Gasteiger partial charge in [0.25, 0.3) is 8.48 Å². The summed E-state index contributed by atoms with van der Waals surface area (Å²) in [4.78, 5) is 3.86. The van der Waals surface area contributed by atoms with Gasteiger partial charge in [-0.05, 0) is 43.8 Å². The van der Waals surface area contributed by atoms with Gasteiger partial charge in [0, 0.05) is 6.61 Å². The number of unbranched alkanes of at least 4 members (excludes halogenated alkanes) is 1. The van der Waals surface area contributed by atoms with Crippen LogP contribution < -0.4 is 4.98 Å². The third-order valence-electron chi connectivity index (χ3n) is 4.22. The highest BCUT2D eigenvalue weighted by molar-refractivity contribution is 6.77. The number of rotatable bonds is 9. The molecule has 3 unspecified atom stereocenters. The molecule has 1 aliphatic heterocycles. The second-order valence-corrected chi connectivity index (χ2v) is 9.19. The molecular weight excluding hydrogens is 226 g/mol. The van der Waals surface area contributed by atoms with E-state index in [0.29, 0.717) is 0 Å². The Kier molecular flexibility index (Phi) is 6.74. The topological polar surface area (TPSA) is 21.3 Å². The highest BCUT2D eigenvalue weighted by Gasteiger charge is 2.57. The number of hydrogen-bond donors (Lipinski definition) is 1. The summed E-state index contributed by atoms with van der Waals surface area (Å²) < 4.78 is 6.31. The summed E-state index contributed by atoms with van der Waals surface area (Å²) in [6.07, 6.45) is 8.01. The monoisotopic (exact) mass is 257 g/mol. The largest absolute Gasteiger partial charge is 0.403 e. The summed E-state index contributed by atoms with van der Waals surface area (Å²) in [5, 5.41) is 0. The lowest BCUT2D eigenvalue weighted by Gasteiger charge is -2.53. The Morgan fingerprint density at radius 1 is 1.12 bits per heavy atom. The molecule has 1 saturated heterocycles. The fraction of sp³-hybridized carbons (Fsp3) is 1.00. The van der Waals surface area contributed by atoms with Crippen molar-refractivity contribution < 1.29 is 4.43 Å². The average Bonchev–Trinajstić information content (AvgIpc) is 2.33. The second kappa shape index (κ2) is 7.55. The van der Waals surface area contributed by atoms with Gasteiger partial charge in [0.15, 0.2) is 0 Å². The van der Waals surface area contributed by atoms with Gasteiger partial charge in [0.05, 0.1) is 0 Å². The Hall–Kier alpha value is 0.137. The van der Waals surface area contributed by atoms with Gasteiger partial charge in [-0.25, -0.2) is 0 Å². The molecule has 2 nitrogen and oxygen atoms in total. The molecule has 1 heterocycles. The summed E-state index contributed by atoms with van der Waals surface area (Å²) in [5.74, 6) is 0. The third-order valence-corrected chi connectivity index (χ3v) is 9.38. The maximum Gasteiger partial charge on any atom is 0.274 e. The molecule has 0 aliphatic carbocycles. The fourth-order valence-corrected chi connectivity index (χ4v) is 8.26. The molecule has 0 spiro atoms. The van der Waals surface area contributed by atoms with Crippen LogP contribution in [0.2, 0.25) is 11.1 Å². The zero-order valence-corrected chi connectivity index (χ0v) is 13.2. The van der Waals surface area contributed by atoms with Crippen molar-refractivity contribution in [3.8, 4) is 0 Å². The van der Waals surface area contributed by atoms with Gasteiger partial charge in [0.2, 0.25) is 0 Å². The first-order valence-corrected chi connectivity index (χ1v) is 9.70. The molecule has 0 aromatic rings. The molecule has 3 heteroatoms. The van der Waals surface area contributed by atoms with E-state index in [0.717, 1.165) is 24.2 Å². The lowest BCUT2D eigenvalue weighted by Crippen LogP contribution is -2.67. The van der Waals surface area contributed by atoms with Crippen molar-refractivity contribution >= 4 is 8.48 Å². The van der Waals surface area contributed by atoms with Crippen molar-refractivity contribution in [2.75, 3.05) is 13.2 Å². The van der Waals surface area contributed by atoms with Gasteiger partial charge in [-0.15, -0.1) is 0 Å². The Bertz CT molecular complexity index is 210. The predicted molar refractivity (Wildman–Crippen MR) is 77.6 cm³/mol. The summed E-state index contributed by atoms with van der Waals surface area (Å²) in [7, 11) is -1.61. The van der Waals surface area contributed by atoms with Gasteiger partial charge in [0.1, 0.15) is 0 Å². The van der Waals surface area contributed by atoms with Crippen LogP contribution in [0.1, 0.15) is 66.2 Å². The van der Waals surface area contributed by atoms with E-state index in [4.69, 9.17) is 4.43 Å². The first-order valence-electron chi connectivity index (χ1n) is 7.64. The van der Waals surface area contributed by atoms with E-state index in [1.807, 2.05) is 0 Å². The molecule has 0 aromatic heterocycles. The van der Waals surface area contributed by atoms with Crippen molar-refractivity contribution in [1.82, 2.24) is 4.98 Å². The Labute approximate surface area is 109 Å². The molecule has 0 aromatic carbocycles. The predicted octanol–water partition coefficient (Wildman–Crippen LogP) is 4.21. The fourth-order valence-electron chi connectivity index (χ4n) is 3.25. The highest BCUT2D eigenvalue weighted by atomic mass is 28.4. The number of nitrogens with one attached hydrogen (secondary N) is 1. The Balaban J connectivity index is 2.63. The lowest BCUT2D eigenvalue weighted by atomic mass is 10.1. The second-order valence-electron chi connectivity index (χ2n) is 5.33. The standard InChI is InChI=1S/C14H31NOSi/c1-5-9-10-14-12-13(7-3)17(14,16-8-4)15-11-6-2/h13-15H,5-12H2,1-4H3. The number of hydrogen-bond acceptors (Lipinski definition) is 2. The molecule has 0 radical (unpaired) electrons. The molecule has 1 rings (SSSR count). The van der Waals surface area contributed by atoms with Crippen LogP contribution in [0.4, 0.5) is 0 Å². The normalized spacial score (nSPS) is 32.5. The maximum absolute atomic E-state index is 6.31. The van der Waals surface area contributed by atoms with Crippen LogP contribution in [-0.2, 0) is 4.43 Å². The quantitative estimate of drug-likeness (QED) is 0.625. The smallest absolute Gasteiger partial charge is 0.274 e. The van der Waals surface area contributed by atoms with Gasteiger partial charge in [-0.2, -0.15) is 0 Å². The molecule has 1 aliphatic rings. The van der Waals surface area contributed by atoms with Crippen LogP contribution in [0.5, 0.6) is 0 Å². The molecule has 17 heavy (non-hydrogen) atoms. The molecule has 1 N–H and O–H groups in total. The minimum absolute atomic E-state index is 0.857. The van der Waals surface area contributed by atoms with E-state index in [1.54, 1.807) is 0 Å². The molecule has 102 valence electrons. The first kappa shape index (κ1) is 15.2. The lowest BCUT2D eigenvalue weighted by molar-refractivity contribution is 0.244. The van der Waals surface area contributed by atoms with Gasteiger partial charge in [-0.1, -0.05) is 40.0 Å². The molecule has 0 bridgehead atoms. The SMILES string of the molecule is CCCCC1CC(CC)[Si]1(NCCC)OCC. The molecule has 0 amide bonds. The average molecular weight is 257 g/mol. The molecule has 1 fully saturated rings. The van der Waals surface area contributed by atoms with Crippen LogP contribution in [0.25, 0.3) is 0 Å². The van der Waals surface area contributed by atoms with Crippen LogP contribution in [0, 0.1) is 0 Å². The summed E-state index contributed by atoms with van der Waals surface area (Å²) in [6.45, 7) is 11.1. The van der Waals surface area contributed by atoms with Crippen molar-refractivity contribution in [3.63, 3.8) is 0 Å². The van der Waals surface area contributed by atoms with Crippen molar-refractivity contribution in [2.45, 2.75) is 77.3 Å². The van der Waals surface area contributed by atoms with E-state index in [-0.39, 0.29) is 0 Å². The molecule has 0 saturated carbocycles. The van der Waals surface area contributed by atoms with Gasteiger partial charge in [-0.3, -0.25) is 0 Å². The van der Waals surface area contributed by atoms with Crippen LogP contribution in [0.15, 0.2) is 0 Å². The van der Waals surface area contributed by atoms with Crippen LogP contribution in [0.3, 0.4) is 0 Å². The molecule has 3 atom stereocenters. The zero-order valence-electron chi connectivity index (χ0n) is 12.2. The van der Waals surface area contributed by atoms with E-state index in [9.17, 15) is 0 Å². The van der Waals surface area contributed by atoms with Crippen molar-refractivity contribution in [3.05, 3.63) is 0 Å². The molecular formula is C14H31NOSi. The zero-order chi connectivity index (χ0) is 12.7. The van der Waals surface area contributed by atoms with Crippen LogP contribution in [-0.4, -0.2) is 21.6 Å². The van der Waals surface area contributed by atoms with E-state index in [1.165, 1.54) is 38.5 Å². The maximum atomic E-state index is 6.31.